The van der Waals surface area contributed by atoms with Crippen LogP contribution in [0.2, 0.25) is 0 Å². The van der Waals surface area contributed by atoms with Crippen LogP contribution >= 0.6 is 0 Å². The molecule has 1 saturated carbocycles. The lowest BCUT2D eigenvalue weighted by Crippen LogP contribution is -2.41. The monoisotopic (exact) mass is 371 g/mol. The summed E-state index contributed by atoms with van der Waals surface area (Å²) in [7, 11) is 1.59. The fourth-order valence-corrected chi connectivity index (χ4v) is 2.81. The number of primary amides is 1. The molecule has 1 fully saturated rings. The summed E-state index contributed by atoms with van der Waals surface area (Å²) in [5, 5.41) is 2.54. The van der Waals surface area contributed by atoms with Crippen LogP contribution in [0, 0.1) is 5.92 Å². The molecule has 3 N–H and O–H groups in total. The van der Waals surface area contributed by atoms with Crippen LogP contribution < -0.4 is 20.5 Å². The molecule has 2 amide bonds. The maximum Gasteiger partial charge on any atom is 0.302 e. The third kappa shape index (κ3) is 4.28. The number of aromatic nitrogens is 1. The molecule has 0 radical (unpaired) electrons. The van der Waals surface area contributed by atoms with Gasteiger partial charge in [-0.05, 0) is 37.0 Å². The first kappa shape index (κ1) is 18.5. The second-order valence-corrected chi connectivity index (χ2v) is 6.28. The number of ether oxygens (including phenoxy) is 2. The Morgan fingerprint density at radius 2 is 2.19 bits per heavy atom. The van der Waals surface area contributed by atoms with E-state index in [1.165, 1.54) is 0 Å². The third-order valence-electron chi connectivity index (χ3n) is 4.35. The highest BCUT2D eigenvalue weighted by atomic mass is 16.5. The van der Waals surface area contributed by atoms with E-state index in [2.05, 4.69) is 16.9 Å². The largest absolute Gasteiger partial charge is 0.493 e. The molecule has 0 aliphatic heterocycles. The van der Waals surface area contributed by atoms with Crippen molar-refractivity contribution in [3.8, 4) is 11.5 Å². The summed E-state index contributed by atoms with van der Waals surface area (Å²) in [5.74, 6) is 0.124. The van der Waals surface area contributed by atoms with Crippen LogP contribution in [0.1, 0.15) is 28.9 Å². The van der Waals surface area contributed by atoms with Crippen molar-refractivity contribution in [3.05, 3.63) is 48.4 Å². The summed E-state index contributed by atoms with van der Waals surface area (Å²) in [4.78, 5) is 27.0. The Bertz CT molecular complexity index is 855. The molecule has 0 saturated heterocycles. The number of anilines is 1. The van der Waals surface area contributed by atoms with Crippen LogP contribution in [0.4, 0.5) is 6.01 Å². The van der Waals surface area contributed by atoms with Crippen LogP contribution in [0.5, 0.6) is 11.5 Å². The molecule has 1 aliphatic rings. The highest BCUT2D eigenvalue weighted by Gasteiger charge is 2.37. The number of amides is 2. The van der Waals surface area contributed by atoms with Gasteiger partial charge in [0.25, 0.3) is 5.91 Å². The lowest BCUT2D eigenvalue weighted by atomic mass is 9.81. The quantitative estimate of drug-likeness (QED) is 0.688. The van der Waals surface area contributed by atoms with Crippen molar-refractivity contribution >= 4 is 17.8 Å². The van der Waals surface area contributed by atoms with E-state index in [0.717, 1.165) is 18.2 Å². The molecule has 142 valence electrons. The van der Waals surface area contributed by atoms with Gasteiger partial charge in [0.15, 0.2) is 17.2 Å². The highest BCUT2D eigenvalue weighted by Crippen LogP contribution is 2.36. The molecule has 2 aromatic rings. The first-order valence-corrected chi connectivity index (χ1v) is 8.50. The number of nitrogens with zero attached hydrogens (tertiary/aromatic N) is 1. The predicted octanol–water partition coefficient (Wildman–Crippen LogP) is 2.31. The summed E-state index contributed by atoms with van der Waals surface area (Å²) in [6.45, 7) is 3.74. The smallest absolute Gasteiger partial charge is 0.302 e. The number of allylic oxidation sites excluding steroid dienone is 1. The van der Waals surface area contributed by atoms with Crippen molar-refractivity contribution in [1.29, 1.82) is 0 Å². The van der Waals surface area contributed by atoms with E-state index in [0.29, 0.717) is 24.3 Å². The number of hydrogen-bond donors (Lipinski definition) is 2. The standard InChI is InChI=1S/C19H21N3O5/c1-3-4-11-5-6-15(25-2)16(7-11)27-13-8-12(9-13)18(24)22-19-21-14(10-26-19)17(20)23/h3,5-7,10,12-13H,1,4,8-9H2,2H3,(H2,20,23)(H,21,22,24). The molecule has 0 unspecified atom stereocenters. The van der Waals surface area contributed by atoms with E-state index in [-0.39, 0.29) is 29.6 Å². The van der Waals surface area contributed by atoms with Crippen LogP contribution in [0.25, 0.3) is 0 Å². The fourth-order valence-electron chi connectivity index (χ4n) is 2.81. The summed E-state index contributed by atoms with van der Waals surface area (Å²) in [6.07, 6.45) is 4.70. The fraction of sp³-hybridized carbons (Fsp3) is 0.316. The van der Waals surface area contributed by atoms with Crippen LogP contribution in [-0.2, 0) is 11.2 Å². The number of nitrogens with two attached hydrogens (primary N) is 1. The molecule has 27 heavy (non-hydrogen) atoms. The number of nitrogens with one attached hydrogen (secondary N) is 1. The Labute approximate surface area is 156 Å². The van der Waals surface area contributed by atoms with Crippen molar-refractivity contribution in [2.24, 2.45) is 11.7 Å². The van der Waals surface area contributed by atoms with Gasteiger partial charge in [-0.1, -0.05) is 12.1 Å². The summed E-state index contributed by atoms with van der Waals surface area (Å²) >= 11 is 0. The zero-order valence-electron chi connectivity index (χ0n) is 14.9. The van der Waals surface area contributed by atoms with Gasteiger partial charge in [-0.2, -0.15) is 4.98 Å². The van der Waals surface area contributed by atoms with E-state index in [9.17, 15) is 9.59 Å². The van der Waals surface area contributed by atoms with Gasteiger partial charge in [-0.3, -0.25) is 14.9 Å². The average molecular weight is 371 g/mol. The minimum atomic E-state index is -0.719. The van der Waals surface area contributed by atoms with Crippen molar-refractivity contribution in [2.45, 2.75) is 25.4 Å². The number of methoxy groups -OCH3 is 1. The van der Waals surface area contributed by atoms with Gasteiger partial charge in [-0.25, -0.2) is 0 Å². The first-order valence-electron chi connectivity index (χ1n) is 8.50. The maximum atomic E-state index is 12.2. The molecule has 0 spiro atoms. The molecular weight excluding hydrogens is 350 g/mol. The second kappa shape index (κ2) is 7.94. The number of hydrogen-bond acceptors (Lipinski definition) is 6. The molecular formula is C19H21N3O5. The molecule has 0 atom stereocenters. The number of carbonyl (C=O) groups excluding carboxylic acids is 2. The SMILES string of the molecule is C=CCc1ccc(OC)c(OC2CC(C(=O)Nc3nc(C(N)=O)co3)C2)c1. The third-order valence-corrected chi connectivity index (χ3v) is 4.35. The zero-order valence-corrected chi connectivity index (χ0v) is 14.9. The molecule has 1 aromatic heterocycles. The number of rotatable bonds is 8. The van der Waals surface area contributed by atoms with Gasteiger partial charge in [0.2, 0.25) is 5.91 Å². The maximum absolute atomic E-state index is 12.2. The predicted molar refractivity (Wildman–Crippen MR) is 97.7 cm³/mol. The van der Waals surface area contributed by atoms with Gasteiger partial charge < -0.3 is 19.6 Å². The van der Waals surface area contributed by atoms with Crippen LogP contribution in [-0.4, -0.2) is 30.0 Å². The normalized spacial score (nSPS) is 18.3. The second-order valence-electron chi connectivity index (χ2n) is 6.28. The molecule has 1 heterocycles. The number of carbonyl (C=O) groups is 2. The van der Waals surface area contributed by atoms with Gasteiger partial charge in [-0.15, -0.1) is 6.58 Å². The van der Waals surface area contributed by atoms with Crippen molar-refractivity contribution < 1.29 is 23.5 Å². The van der Waals surface area contributed by atoms with Gasteiger partial charge in [0, 0.05) is 5.92 Å². The van der Waals surface area contributed by atoms with E-state index in [4.69, 9.17) is 19.6 Å². The number of benzene rings is 1. The Balaban J connectivity index is 1.54. The lowest BCUT2D eigenvalue weighted by Gasteiger charge is -2.34. The van der Waals surface area contributed by atoms with Gasteiger partial charge >= 0.3 is 6.01 Å². The Morgan fingerprint density at radius 1 is 1.41 bits per heavy atom. The first-order chi connectivity index (χ1) is 13.0. The Morgan fingerprint density at radius 3 is 2.81 bits per heavy atom. The molecule has 1 aliphatic carbocycles. The molecule has 3 rings (SSSR count). The molecule has 1 aromatic carbocycles. The van der Waals surface area contributed by atoms with Gasteiger partial charge in [0.05, 0.1) is 7.11 Å². The van der Waals surface area contributed by atoms with Crippen LogP contribution in [0.15, 0.2) is 41.5 Å². The molecule has 0 bridgehead atoms. The van der Waals surface area contributed by atoms with Crippen molar-refractivity contribution in [1.82, 2.24) is 4.98 Å². The van der Waals surface area contributed by atoms with E-state index >= 15 is 0 Å². The molecule has 8 heteroatoms. The van der Waals surface area contributed by atoms with Crippen molar-refractivity contribution in [3.63, 3.8) is 0 Å². The average Bonchev–Trinajstić information content (AvgIpc) is 3.07. The van der Waals surface area contributed by atoms with Crippen molar-refractivity contribution in [2.75, 3.05) is 12.4 Å². The van der Waals surface area contributed by atoms with E-state index in [1.807, 2.05) is 24.3 Å². The van der Waals surface area contributed by atoms with E-state index in [1.54, 1.807) is 7.11 Å². The Kier molecular flexibility index (Phi) is 5.44. The minimum absolute atomic E-state index is 0.0355. The summed E-state index contributed by atoms with van der Waals surface area (Å²) in [5.41, 5.74) is 6.13. The lowest BCUT2D eigenvalue weighted by molar-refractivity contribution is -0.125. The summed E-state index contributed by atoms with van der Waals surface area (Å²) in [6, 6.07) is 5.69. The van der Waals surface area contributed by atoms with E-state index < -0.39 is 5.91 Å². The Hall–Kier alpha value is -3.29. The minimum Gasteiger partial charge on any atom is -0.493 e. The van der Waals surface area contributed by atoms with Crippen LogP contribution in [0.3, 0.4) is 0 Å². The topological polar surface area (TPSA) is 117 Å². The zero-order chi connectivity index (χ0) is 19.4. The number of oxazole rings is 1. The summed E-state index contributed by atoms with van der Waals surface area (Å²) < 4.78 is 16.3. The highest BCUT2D eigenvalue weighted by molar-refractivity contribution is 5.93. The molecule has 8 nitrogen and oxygen atoms in total. The van der Waals surface area contributed by atoms with Gasteiger partial charge in [0.1, 0.15) is 12.4 Å².